The maximum absolute atomic E-state index is 12.5. The summed E-state index contributed by atoms with van der Waals surface area (Å²) in [7, 11) is 0. The van der Waals surface area contributed by atoms with Crippen LogP contribution in [0.15, 0.2) is 0 Å². The van der Waals surface area contributed by atoms with Gasteiger partial charge in [0.2, 0.25) is 0 Å². The zero-order valence-electron chi connectivity index (χ0n) is 17.7. The highest BCUT2D eigenvalue weighted by Crippen LogP contribution is 2.24. The van der Waals surface area contributed by atoms with Crippen molar-refractivity contribution in [2.75, 3.05) is 19.7 Å². The van der Waals surface area contributed by atoms with Gasteiger partial charge >= 0.3 is 18.2 Å². The lowest BCUT2D eigenvalue weighted by Crippen LogP contribution is -2.48. The fourth-order valence-corrected chi connectivity index (χ4v) is 2.51. The standard InChI is InChI=1S/C19H34N2O6/c1-8-9-12-25-15(22)13-14-20(16(23)26-18(2,3)4)10-11-21(14)17(24)27-19(5,6)7/h14H,8-13H2,1-7H3. The first-order chi connectivity index (χ1) is 12.3. The van der Waals surface area contributed by atoms with Gasteiger partial charge in [-0.15, -0.1) is 0 Å². The van der Waals surface area contributed by atoms with Crippen LogP contribution in [0.5, 0.6) is 0 Å². The Bertz CT molecular complexity index is 499. The van der Waals surface area contributed by atoms with Crippen LogP contribution in [0.2, 0.25) is 0 Å². The van der Waals surface area contributed by atoms with Gasteiger partial charge in [0.1, 0.15) is 17.4 Å². The highest BCUT2D eigenvalue weighted by atomic mass is 16.6. The molecular weight excluding hydrogens is 352 g/mol. The molecule has 0 unspecified atom stereocenters. The molecule has 1 heterocycles. The van der Waals surface area contributed by atoms with E-state index < -0.39 is 35.5 Å². The molecule has 0 bridgehead atoms. The largest absolute Gasteiger partial charge is 0.466 e. The number of amides is 2. The van der Waals surface area contributed by atoms with Gasteiger partial charge in [0.25, 0.3) is 0 Å². The zero-order valence-corrected chi connectivity index (χ0v) is 17.7. The smallest absolute Gasteiger partial charge is 0.412 e. The SMILES string of the molecule is CCCCOC(=O)CC1N(C(=O)OC(C)(C)C)CCN1C(=O)OC(C)(C)C. The van der Waals surface area contributed by atoms with E-state index in [4.69, 9.17) is 14.2 Å². The zero-order chi connectivity index (χ0) is 20.8. The highest BCUT2D eigenvalue weighted by molar-refractivity contribution is 5.77. The predicted octanol–water partition coefficient (Wildman–Crippen LogP) is 3.53. The Morgan fingerprint density at radius 3 is 1.70 bits per heavy atom. The van der Waals surface area contributed by atoms with Crippen molar-refractivity contribution in [3.05, 3.63) is 0 Å². The number of nitrogens with zero attached hydrogens (tertiary/aromatic N) is 2. The molecule has 2 amide bonds. The van der Waals surface area contributed by atoms with Crippen LogP contribution in [0, 0.1) is 0 Å². The van der Waals surface area contributed by atoms with E-state index in [9.17, 15) is 14.4 Å². The Morgan fingerprint density at radius 1 is 0.889 bits per heavy atom. The van der Waals surface area contributed by atoms with Gasteiger partial charge in [-0.05, 0) is 48.0 Å². The van der Waals surface area contributed by atoms with Crippen molar-refractivity contribution in [1.29, 1.82) is 0 Å². The minimum absolute atomic E-state index is 0.123. The molecule has 0 saturated carbocycles. The molecule has 1 fully saturated rings. The summed E-state index contributed by atoms with van der Waals surface area (Å²) in [6, 6.07) is 0. The third-order valence-corrected chi connectivity index (χ3v) is 3.67. The molecule has 0 aromatic carbocycles. The van der Waals surface area contributed by atoms with Crippen molar-refractivity contribution in [1.82, 2.24) is 9.80 Å². The van der Waals surface area contributed by atoms with E-state index in [0.717, 1.165) is 12.8 Å². The van der Waals surface area contributed by atoms with Crippen molar-refractivity contribution in [2.45, 2.75) is 85.1 Å². The van der Waals surface area contributed by atoms with Crippen molar-refractivity contribution in [3.8, 4) is 0 Å². The number of esters is 1. The third-order valence-electron chi connectivity index (χ3n) is 3.67. The average molecular weight is 386 g/mol. The molecule has 1 aliphatic heterocycles. The second-order valence-electron chi connectivity index (χ2n) is 8.61. The highest BCUT2D eigenvalue weighted by Gasteiger charge is 2.42. The molecule has 27 heavy (non-hydrogen) atoms. The molecule has 0 spiro atoms. The Hall–Kier alpha value is -1.99. The Balaban J connectivity index is 2.91. The molecule has 0 aromatic heterocycles. The molecule has 0 aromatic rings. The van der Waals surface area contributed by atoms with Crippen LogP contribution in [-0.4, -0.2) is 65.0 Å². The van der Waals surface area contributed by atoms with E-state index in [1.165, 1.54) is 9.80 Å². The molecule has 1 saturated heterocycles. The number of carbonyl (C=O) groups is 3. The first kappa shape index (κ1) is 23.0. The third kappa shape index (κ3) is 8.05. The Kier molecular flexibility index (Phi) is 7.92. The summed E-state index contributed by atoms with van der Waals surface area (Å²) >= 11 is 0. The molecule has 8 nitrogen and oxygen atoms in total. The number of rotatable bonds is 5. The molecule has 8 heteroatoms. The van der Waals surface area contributed by atoms with Gasteiger partial charge in [-0.1, -0.05) is 13.3 Å². The number of carbonyl (C=O) groups excluding carboxylic acids is 3. The van der Waals surface area contributed by atoms with E-state index in [-0.39, 0.29) is 19.5 Å². The van der Waals surface area contributed by atoms with Crippen LogP contribution in [0.4, 0.5) is 9.59 Å². The van der Waals surface area contributed by atoms with Gasteiger partial charge in [-0.3, -0.25) is 14.6 Å². The molecule has 0 aliphatic carbocycles. The van der Waals surface area contributed by atoms with Gasteiger partial charge < -0.3 is 14.2 Å². The summed E-state index contributed by atoms with van der Waals surface area (Å²) in [6.07, 6.45) is -0.377. The molecular formula is C19H34N2O6. The number of hydrogen-bond donors (Lipinski definition) is 0. The fourth-order valence-electron chi connectivity index (χ4n) is 2.51. The minimum atomic E-state index is -0.788. The predicted molar refractivity (Wildman–Crippen MR) is 100 cm³/mol. The molecule has 156 valence electrons. The van der Waals surface area contributed by atoms with E-state index in [1.807, 2.05) is 6.92 Å². The van der Waals surface area contributed by atoms with Gasteiger partial charge in [0, 0.05) is 13.1 Å². The summed E-state index contributed by atoms with van der Waals surface area (Å²) in [5, 5.41) is 0. The van der Waals surface area contributed by atoms with Gasteiger partial charge in [0.15, 0.2) is 0 Å². The van der Waals surface area contributed by atoms with Gasteiger partial charge in [0.05, 0.1) is 13.0 Å². The lowest BCUT2D eigenvalue weighted by Gasteiger charge is -2.32. The first-order valence-corrected chi connectivity index (χ1v) is 9.49. The lowest BCUT2D eigenvalue weighted by molar-refractivity contribution is -0.145. The van der Waals surface area contributed by atoms with E-state index >= 15 is 0 Å². The monoisotopic (exact) mass is 386 g/mol. The van der Waals surface area contributed by atoms with E-state index in [1.54, 1.807) is 41.5 Å². The van der Waals surface area contributed by atoms with Crippen molar-refractivity contribution >= 4 is 18.2 Å². The average Bonchev–Trinajstić information content (AvgIpc) is 2.87. The van der Waals surface area contributed by atoms with Crippen molar-refractivity contribution < 1.29 is 28.6 Å². The van der Waals surface area contributed by atoms with Gasteiger partial charge in [-0.25, -0.2) is 9.59 Å². The van der Waals surface area contributed by atoms with Crippen LogP contribution in [0.1, 0.15) is 67.7 Å². The van der Waals surface area contributed by atoms with Crippen molar-refractivity contribution in [2.24, 2.45) is 0 Å². The molecule has 0 radical (unpaired) electrons. The Morgan fingerprint density at radius 2 is 1.33 bits per heavy atom. The summed E-state index contributed by atoms with van der Waals surface area (Å²) in [6.45, 7) is 13.4. The second-order valence-corrected chi connectivity index (χ2v) is 8.61. The summed E-state index contributed by atoms with van der Waals surface area (Å²) in [4.78, 5) is 40.0. The maximum atomic E-state index is 12.5. The second kappa shape index (κ2) is 9.28. The maximum Gasteiger partial charge on any atom is 0.412 e. The van der Waals surface area contributed by atoms with E-state index in [0.29, 0.717) is 6.61 Å². The number of ether oxygens (including phenoxy) is 3. The number of hydrogen-bond acceptors (Lipinski definition) is 6. The van der Waals surface area contributed by atoms with Crippen LogP contribution in [-0.2, 0) is 19.0 Å². The van der Waals surface area contributed by atoms with Gasteiger partial charge in [-0.2, -0.15) is 0 Å². The van der Waals surface area contributed by atoms with Crippen LogP contribution < -0.4 is 0 Å². The van der Waals surface area contributed by atoms with E-state index in [2.05, 4.69) is 0 Å². The van der Waals surface area contributed by atoms with Crippen LogP contribution >= 0.6 is 0 Å². The quantitative estimate of drug-likeness (QED) is 0.408. The minimum Gasteiger partial charge on any atom is -0.466 e. The van der Waals surface area contributed by atoms with Crippen LogP contribution in [0.25, 0.3) is 0 Å². The normalized spacial score (nSPS) is 15.7. The number of unbranched alkanes of at least 4 members (excludes halogenated alkanes) is 1. The van der Waals surface area contributed by atoms with Crippen LogP contribution in [0.3, 0.4) is 0 Å². The molecule has 1 aliphatic rings. The van der Waals surface area contributed by atoms with Crippen molar-refractivity contribution in [3.63, 3.8) is 0 Å². The fraction of sp³-hybridized carbons (Fsp3) is 0.842. The first-order valence-electron chi connectivity index (χ1n) is 9.49. The summed E-state index contributed by atoms with van der Waals surface area (Å²) in [5.74, 6) is -0.461. The Labute approximate surface area is 162 Å². The topological polar surface area (TPSA) is 85.4 Å². The molecule has 0 N–H and O–H groups in total. The summed E-state index contributed by atoms with van der Waals surface area (Å²) in [5.41, 5.74) is -1.36. The lowest BCUT2D eigenvalue weighted by atomic mass is 10.2. The molecule has 0 atom stereocenters. The summed E-state index contributed by atoms with van der Waals surface area (Å²) < 4.78 is 16.0. The molecule has 1 rings (SSSR count).